The summed E-state index contributed by atoms with van der Waals surface area (Å²) >= 11 is 0. The van der Waals surface area contributed by atoms with Gasteiger partial charge < -0.3 is 9.84 Å². The molecule has 15 heavy (non-hydrogen) atoms. The molecular weight excluding hydrogens is 190 g/mol. The monoisotopic (exact) mass is 207 g/mol. The molecule has 0 saturated heterocycles. The Bertz CT molecular complexity index is 315. The third-order valence-electron chi connectivity index (χ3n) is 3.21. The van der Waals surface area contributed by atoms with Gasteiger partial charge in [-0.1, -0.05) is 6.07 Å². The van der Waals surface area contributed by atoms with Crippen LogP contribution in [0.15, 0.2) is 24.5 Å². The van der Waals surface area contributed by atoms with Crippen LogP contribution in [0.1, 0.15) is 31.2 Å². The highest BCUT2D eigenvalue weighted by Crippen LogP contribution is 2.37. The Morgan fingerprint density at radius 2 is 2.47 bits per heavy atom. The van der Waals surface area contributed by atoms with Crippen molar-refractivity contribution in [1.29, 1.82) is 0 Å². The van der Waals surface area contributed by atoms with E-state index in [2.05, 4.69) is 4.98 Å². The Labute approximate surface area is 90.1 Å². The van der Waals surface area contributed by atoms with Crippen molar-refractivity contribution in [2.45, 2.75) is 37.4 Å². The molecule has 0 amide bonds. The van der Waals surface area contributed by atoms with Crippen molar-refractivity contribution in [2.75, 3.05) is 7.11 Å². The molecule has 0 aromatic carbocycles. The minimum absolute atomic E-state index is 0.170. The van der Waals surface area contributed by atoms with E-state index in [4.69, 9.17) is 4.74 Å². The topological polar surface area (TPSA) is 42.4 Å². The van der Waals surface area contributed by atoms with Crippen LogP contribution in [0.4, 0.5) is 0 Å². The summed E-state index contributed by atoms with van der Waals surface area (Å²) in [6.07, 6.45) is 7.17. The van der Waals surface area contributed by atoms with E-state index >= 15 is 0 Å². The molecule has 0 spiro atoms. The molecule has 2 rings (SSSR count). The fourth-order valence-corrected chi connectivity index (χ4v) is 2.30. The maximum Gasteiger partial charge on any atom is 0.0936 e. The molecule has 1 fully saturated rings. The molecule has 1 aromatic rings. The number of methoxy groups -OCH3 is 1. The smallest absolute Gasteiger partial charge is 0.0936 e. The predicted octanol–water partition coefficient (Wildman–Crippen LogP) is 1.86. The summed E-state index contributed by atoms with van der Waals surface area (Å²) < 4.78 is 5.33. The van der Waals surface area contributed by atoms with Crippen LogP contribution in [-0.2, 0) is 10.3 Å². The molecule has 1 aliphatic carbocycles. The van der Waals surface area contributed by atoms with Crippen LogP contribution in [0.25, 0.3) is 0 Å². The van der Waals surface area contributed by atoms with Crippen molar-refractivity contribution in [2.24, 2.45) is 0 Å². The molecule has 1 heterocycles. The van der Waals surface area contributed by atoms with Crippen molar-refractivity contribution in [3.8, 4) is 0 Å². The number of nitrogens with zero attached hydrogens (tertiary/aromatic N) is 1. The van der Waals surface area contributed by atoms with Crippen molar-refractivity contribution in [3.63, 3.8) is 0 Å². The van der Waals surface area contributed by atoms with Gasteiger partial charge in [0.25, 0.3) is 0 Å². The molecule has 0 radical (unpaired) electrons. The van der Waals surface area contributed by atoms with E-state index in [0.717, 1.165) is 24.8 Å². The van der Waals surface area contributed by atoms with Gasteiger partial charge in [0.05, 0.1) is 11.7 Å². The van der Waals surface area contributed by atoms with Gasteiger partial charge in [-0.15, -0.1) is 0 Å². The number of pyridine rings is 1. The zero-order chi connectivity index (χ0) is 10.7. The summed E-state index contributed by atoms with van der Waals surface area (Å²) in [5.41, 5.74) is 0.166. The highest BCUT2D eigenvalue weighted by Gasteiger charge is 2.36. The summed E-state index contributed by atoms with van der Waals surface area (Å²) in [5, 5.41) is 10.5. The molecule has 2 atom stereocenters. The molecule has 3 nitrogen and oxygen atoms in total. The minimum atomic E-state index is -0.743. The highest BCUT2D eigenvalue weighted by molar-refractivity contribution is 5.19. The van der Waals surface area contributed by atoms with Crippen molar-refractivity contribution >= 4 is 0 Å². The van der Waals surface area contributed by atoms with Crippen LogP contribution in [0, 0.1) is 0 Å². The molecule has 1 aromatic heterocycles. The average molecular weight is 207 g/mol. The van der Waals surface area contributed by atoms with Gasteiger partial charge in [0.2, 0.25) is 0 Å². The van der Waals surface area contributed by atoms with Gasteiger partial charge in [-0.05, 0) is 25.3 Å². The normalized spacial score (nSPS) is 31.5. The third kappa shape index (κ3) is 2.19. The first kappa shape index (κ1) is 10.6. The van der Waals surface area contributed by atoms with Crippen LogP contribution in [0.3, 0.4) is 0 Å². The van der Waals surface area contributed by atoms with Crippen molar-refractivity contribution < 1.29 is 9.84 Å². The molecule has 1 saturated carbocycles. The zero-order valence-electron chi connectivity index (χ0n) is 9.02. The molecule has 0 aliphatic heterocycles. The zero-order valence-corrected chi connectivity index (χ0v) is 9.02. The van der Waals surface area contributed by atoms with E-state index in [9.17, 15) is 5.11 Å². The Morgan fingerprint density at radius 1 is 1.60 bits per heavy atom. The Morgan fingerprint density at radius 3 is 3.13 bits per heavy atom. The Hall–Kier alpha value is -0.930. The lowest BCUT2D eigenvalue weighted by Gasteiger charge is -2.36. The van der Waals surface area contributed by atoms with Gasteiger partial charge in [-0.3, -0.25) is 4.98 Å². The van der Waals surface area contributed by atoms with Crippen LogP contribution >= 0.6 is 0 Å². The number of hydrogen-bond donors (Lipinski definition) is 1. The first-order chi connectivity index (χ1) is 7.24. The first-order valence-corrected chi connectivity index (χ1v) is 5.40. The molecular formula is C12H17NO2. The van der Waals surface area contributed by atoms with Gasteiger partial charge in [-0.25, -0.2) is 0 Å². The summed E-state index contributed by atoms with van der Waals surface area (Å²) in [6, 6.07) is 3.80. The van der Waals surface area contributed by atoms with Crippen LogP contribution in [-0.4, -0.2) is 23.3 Å². The van der Waals surface area contributed by atoms with Gasteiger partial charge in [0, 0.05) is 31.5 Å². The Balaban J connectivity index is 2.19. The molecule has 3 heteroatoms. The van der Waals surface area contributed by atoms with E-state index in [-0.39, 0.29) is 6.10 Å². The van der Waals surface area contributed by atoms with E-state index in [1.54, 1.807) is 19.5 Å². The lowest BCUT2D eigenvalue weighted by atomic mass is 9.79. The van der Waals surface area contributed by atoms with E-state index in [0.29, 0.717) is 6.42 Å². The maximum atomic E-state index is 10.5. The van der Waals surface area contributed by atoms with Gasteiger partial charge in [0.15, 0.2) is 0 Å². The Kier molecular flexibility index (Phi) is 3.03. The van der Waals surface area contributed by atoms with Crippen LogP contribution in [0.5, 0.6) is 0 Å². The fourth-order valence-electron chi connectivity index (χ4n) is 2.30. The molecule has 82 valence electrons. The van der Waals surface area contributed by atoms with E-state index < -0.39 is 5.60 Å². The van der Waals surface area contributed by atoms with Gasteiger partial charge >= 0.3 is 0 Å². The third-order valence-corrected chi connectivity index (χ3v) is 3.21. The number of aliphatic hydroxyl groups is 1. The summed E-state index contributed by atoms with van der Waals surface area (Å²) in [7, 11) is 1.71. The minimum Gasteiger partial charge on any atom is -0.385 e. The number of hydrogen-bond acceptors (Lipinski definition) is 3. The van der Waals surface area contributed by atoms with E-state index in [1.165, 1.54) is 0 Å². The maximum absolute atomic E-state index is 10.5. The number of aromatic nitrogens is 1. The van der Waals surface area contributed by atoms with Gasteiger partial charge in [-0.2, -0.15) is 0 Å². The molecule has 2 unspecified atom stereocenters. The molecule has 1 aliphatic rings. The lowest BCUT2D eigenvalue weighted by molar-refractivity contribution is -0.0633. The SMILES string of the molecule is COC1CCCC(O)(c2cccnc2)C1. The first-order valence-electron chi connectivity index (χ1n) is 5.40. The highest BCUT2D eigenvalue weighted by atomic mass is 16.5. The largest absolute Gasteiger partial charge is 0.385 e. The molecule has 1 N–H and O–H groups in total. The average Bonchev–Trinajstić information content (AvgIpc) is 2.30. The van der Waals surface area contributed by atoms with Crippen LogP contribution < -0.4 is 0 Å². The van der Waals surface area contributed by atoms with Crippen LogP contribution in [0.2, 0.25) is 0 Å². The predicted molar refractivity (Wildman–Crippen MR) is 57.4 cm³/mol. The molecule has 0 bridgehead atoms. The standard InChI is InChI=1S/C12H17NO2/c1-15-11-5-2-6-12(14,8-11)10-4-3-7-13-9-10/h3-4,7,9,11,14H,2,5-6,8H2,1H3. The summed E-state index contributed by atoms with van der Waals surface area (Å²) in [5.74, 6) is 0. The second-order valence-corrected chi connectivity index (χ2v) is 4.23. The van der Waals surface area contributed by atoms with Gasteiger partial charge in [0.1, 0.15) is 0 Å². The van der Waals surface area contributed by atoms with E-state index in [1.807, 2.05) is 12.1 Å². The second-order valence-electron chi connectivity index (χ2n) is 4.23. The summed E-state index contributed by atoms with van der Waals surface area (Å²) in [4.78, 5) is 4.06. The second kappa shape index (κ2) is 4.29. The van der Waals surface area contributed by atoms with Crippen molar-refractivity contribution in [1.82, 2.24) is 4.98 Å². The lowest BCUT2D eigenvalue weighted by Crippen LogP contribution is -2.35. The van der Waals surface area contributed by atoms with Crippen molar-refractivity contribution in [3.05, 3.63) is 30.1 Å². The fraction of sp³-hybridized carbons (Fsp3) is 0.583. The number of ether oxygens (including phenoxy) is 1. The summed E-state index contributed by atoms with van der Waals surface area (Å²) in [6.45, 7) is 0. The quantitative estimate of drug-likeness (QED) is 0.804. The number of rotatable bonds is 2.